The van der Waals surface area contributed by atoms with Crippen molar-refractivity contribution in [3.8, 4) is 11.3 Å². The lowest BCUT2D eigenvalue weighted by molar-refractivity contribution is 0.210. The Morgan fingerprint density at radius 3 is 2.64 bits per heavy atom. The summed E-state index contributed by atoms with van der Waals surface area (Å²) in [4.78, 5) is 6.44. The Morgan fingerprint density at radius 2 is 1.91 bits per heavy atom. The van der Waals surface area contributed by atoms with Crippen LogP contribution >= 0.6 is 0 Å². The third-order valence-electron chi connectivity index (χ3n) is 7.74. The van der Waals surface area contributed by atoms with Crippen LogP contribution in [0.1, 0.15) is 80.5 Å². The molecule has 3 aromatic heterocycles. The van der Waals surface area contributed by atoms with E-state index in [2.05, 4.69) is 79.1 Å². The number of pyridine rings is 1. The molecule has 174 valence electrons. The topological polar surface area (TPSA) is 49.2 Å². The molecule has 1 aliphatic rings. The first-order valence-corrected chi connectivity index (χ1v) is 12.7. The maximum Gasteiger partial charge on any atom is 0.163 e. The summed E-state index contributed by atoms with van der Waals surface area (Å²) in [6, 6.07) is 7.15. The fourth-order valence-electron chi connectivity index (χ4n) is 5.63. The largest absolute Gasteiger partial charge is 0.354 e. The number of nitrogens with one attached hydrogen (secondary N) is 1. The van der Waals surface area contributed by atoms with E-state index in [0.29, 0.717) is 11.8 Å². The number of unbranched alkanes of at least 4 members (excludes halogenated alkanes) is 1. The zero-order valence-electron chi connectivity index (χ0n) is 20.8. The molecule has 4 aromatic rings. The fourth-order valence-corrected chi connectivity index (χ4v) is 5.63. The highest BCUT2D eigenvalue weighted by Crippen LogP contribution is 2.40. The Balaban J connectivity index is 1.54. The van der Waals surface area contributed by atoms with E-state index >= 15 is 0 Å². The quantitative estimate of drug-likeness (QED) is 0.365. The minimum Gasteiger partial charge on any atom is -0.354 e. The maximum atomic E-state index is 4.30. The monoisotopic (exact) mass is 443 g/mol. The Labute approximate surface area is 197 Å². The molecule has 0 aliphatic carbocycles. The first kappa shape index (κ1) is 22.1. The fraction of sp³-hybridized carbons (Fsp3) is 0.500. The average molecular weight is 444 g/mol. The maximum absolute atomic E-state index is 4.30. The standard InChI is InChI=1S/C28H37N5/c1-6-7-12-32-13-10-21(11-14-32)22-8-9-25-23(15-22)26(18(2)3)27(30-25)24-16-33-17-29-31-28(33)20(5)19(24)4/h8-9,15-18,21,30H,6-7,10-14H2,1-5H3. The van der Waals surface area contributed by atoms with Gasteiger partial charge in [0.2, 0.25) is 0 Å². The van der Waals surface area contributed by atoms with Gasteiger partial charge in [0.1, 0.15) is 6.33 Å². The molecule has 1 N–H and O–H groups in total. The van der Waals surface area contributed by atoms with Crippen LogP contribution in [0.2, 0.25) is 0 Å². The minimum absolute atomic E-state index is 0.427. The lowest BCUT2D eigenvalue weighted by Gasteiger charge is -2.32. The molecule has 0 atom stereocenters. The van der Waals surface area contributed by atoms with E-state index in [-0.39, 0.29) is 0 Å². The Kier molecular flexibility index (Phi) is 6.00. The van der Waals surface area contributed by atoms with Crippen LogP contribution in [0.15, 0.2) is 30.7 Å². The molecule has 0 unspecified atom stereocenters. The zero-order chi connectivity index (χ0) is 23.1. The van der Waals surface area contributed by atoms with Crippen molar-refractivity contribution in [2.45, 2.75) is 72.1 Å². The highest BCUT2D eigenvalue weighted by atomic mass is 15.2. The van der Waals surface area contributed by atoms with Crippen molar-refractivity contribution >= 4 is 16.6 Å². The number of aromatic nitrogens is 4. The van der Waals surface area contributed by atoms with Crippen molar-refractivity contribution in [2.24, 2.45) is 0 Å². The molecule has 33 heavy (non-hydrogen) atoms. The number of aromatic amines is 1. The number of aryl methyl sites for hydroxylation is 1. The third kappa shape index (κ3) is 3.97. The predicted molar refractivity (Wildman–Crippen MR) is 137 cm³/mol. The molecule has 0 bridgehead atoms. The van der Waals surface area contributed by atoms with Gasteiger partial charge < -0.3 is 9.88 Å². The van der Waals surface area contributed by atoms with Crippen LogP contribution in [-0.2, 0) is 0 Å². The van der Waals surface area contributed by atoms with Gasteiger partial charge in [0, 0.05) is 22.7 Å². The lowest BCUT2D eigenvalue weighted by Crippen LogP contribution is -2.33. The lowest BCUT2D eigenvalue weighted by atomic mass is 9.87. The van der Waals surface area contributed by atoms with Gasteiger partial charge >= 0.3 is 0 Å². The second kappa shape index (κ2) is 8.94. The first-order chi connectivity index (χ1) is 16.0. The van der Waals surface area contributed by atoms with Gasteiger partial charge in [0.15, 0.2) is 5.65 Å². The van der Waals surface area contributed by atoms with Crippen molar-refractivity contribution in [1.29, 1.82) is 0 Å². The van der Waals surface area contributed by atoms with Gasteiger partial charge in [-0.1, -0.05) is 33.3 Å². The SMILES string of the molecule is CCCCN1CCC(c2ccc3[nH]c(-c4cn5cnnc5c(C)c4C)c(C(C)C)c3c2)CC1. The molecule has 0 radical (unpaired) electrons. The first-order valence-electron chi connectivity index (χ1n) is 12.7. The van der Waals surface area contributed by atoms with Gasteiger partial charge in [0.05, 0.1) is 5.69 Å². The molecule has 5 nitrogen and oxygen atoms in total. The normalized spacial score (nSPS) is 15.9. The molecule has 5 rings (SSSR count). The second-order valence-electron chi connectivity index (χ2n) is 10.2. The summed E-state index contributed by atoms with van der Waals surface area (Å²) >= 11 is 0. The summed E-state index contributed by atoms with van der Waals surface area (Å²) in [7, 11) is 0. The van der Waals surface area contributed by atoms with Crippen LogP contribution in [-0.4, -0.2) is 44.1 Å². The summed E-state index contributed by atoms with van der Waals surface area (Å²) in [5.41, 5.74) is 10.0. The Bertz CT molecular complexity index is 1270. The summed E-state index contributed by atoms with van der Waals surface area (Å²) in [5, 5.41) is 9.80. The molecule has 4 heterocycles. The minimum atomic E-state index is 0.427. The Morgan fingerprint density at radius 1 is 1.12 bits per heavy atom. The number of fused-ring (bicyclic) bond motifs is 2. The van der Waals surface area contributed by atoms with E-state index in [1.165, 1.54) is 89.7 Å². The molecule has 0 amide bonds. The molecular formula is C28H37N5. The third-order valence-corrected chi connectivity index (χ3v) is 7.74. The summed E-state index contributed by atoms with van der Waals surface area (Å²) in [6.45, 7) is 15.0. The highest BCUT2D eigenvalue weighted by molar-refractivity contribution is 5.92. The molecule has 5 heteroatoms. The number of H-pyrrole nitrogens is 1. The molecule has 1 aromatic carbocycles. The summed E-state index contributed by atoms with van der Waals surface area (Å²) in [6.07, 6.45) is 9.13. The van der Waals surface area contributed by atoms with Gasteiger partial charge in [-0.3, -0.25) is 4.40 Å². The van der Waals surface area contributed by atoms with Crippen molar-refractivity contribution in [2.75, 3.05) is 19.6 Å². The number of hydrogen-bond donors (Lipinski definition) is 1. The van der Waals surface area contributed by atoms with Crippen molar-refractivity contribution in [3.63, 3.8) is 0 Å². The van der Waals surface area contributed by atoms with E-state index in [4.69, 9.17) is 0 Å². The number of benzene rings is 1. The number of piperidine rings is 1. The molecule has 1 saturated heterocycles. The Hall–Kier alpha value is -2.66. The highest BCUT2D eigenvalue weighted by Gasteiger charge is 2.23. The van der Waals surface area contributed by atoms with Gasteiger partial charge in [-0.05, 0) is 99.0 Å². The molecule has 1 aliphatic heterocycles. The van der Waals surface area contributed by atoms with E-state index < -0.39 is 0 Å². The molecule has 0 saturated carbocycles. The number of hydrogen-bond acceptors (Lipinski definition) is 3. The average Bonchev–Trinajstić information content (AvgIpc) is 3.44. The van der Waals surface area contributed by atoms with E-state index in [1.54, 1.807) is 6.33 Å². The van der Waals surface area contributed by atoms with Crippen LogP contribution in [0.4, 0.5) is 0 Å². The van der Waals surface area contributed by atoms with Gasteiger partial charge in [-0.2, -0.15) is 0 Å². The second-order valence-corrected chi connectivity index (χ2v) is 10.2. The van der Waals surface area contributed by atoms with Crippen LogP contribution in [0, 0.1) is 13.8 Å². The number of nitrogens with zero attached hydrogens (tertiary/aromatic N) is 4. The van der Waals surface area contributed by atoms with E-state index in [0.717, 1.165) is 5.65 Å². The number of rotatable bonds is 6. The van der Waals surface area contributed by atoms with Gasteiger partial charge in [-0.25, -0.2) is 0 Å². The van der Waals surface area contributed by atoms with E-state index in [9.17, 15) is 0 Å². The van der Waals surface area contributed by atoms with Crippen LogP contribution < -0.4 is 0 Å². The van der Waals surface area contributed by atoms with Gasteiger partial charge in [-0.15, -0.1) is 10.2 Å². The van der Waals surface area contributed by atoms with Crippen LogP contribution in [0.3, 0.4) is 0 Å². The van der Waals surface area contributed by atoms with E-state index in [1.807, 2.05) is 4.40 Å². The molecule has 1 fully saturated rings. The van der Waals surface area contributed by atoms with Crippen molar-refractivity contribution < 1.29 is 0 Å². The van der Waals surface area contributed by atoms with Crippen molar-refractivity contribution in [1.82, 2.24) is 24.5 Å². The van der Waals surface area contributed by atoms with Crippen molar-refractivity contribution in [3.05, 3.63) is 53.0 Å². The summed E-state index contributed by atoms with van der Waals surface area (Å²) in [5.74, 6) is 1.10. The van der Waals surface area contributed by atoms with Crippen LogP contribution in [0.5, 0.6) is 0 Å². The smallest absolute Gasteiger partial charge is 0.163 e. The van der Waals surface area contributed by atoms with Gasteiger partial charge in [0.25, 0.3) is 0 Å². The van der Waals surface area contributed by atoms with Crippen LogP contribution in [0.25, 0.3) is 27.8 Å². The molecule has 0 spiro atoms. The predicted octanol–water partition coefficient (Wildman–Crippen LogP) is 6.60. The number of likely N-dealkylation sites (tertiary alicyclic amines) is 1. The molecular weight excluding hydrogens is 406 g/mol. The summed E-state index contributed by atoms with van der Waals surface area (Å²) < 4.78 is 2.05. The zero-order valence-corrected chi connectivity index (χ0v) is 20.8.